The summed E-state index contributed by atoms with van der Waals surface area (Å²) in [4.78, 5) is 4.14. The van der Waals surface area contributed by atoms with Crippen LogP contribution in [-0.4, -0.2) is 32.8 Å². The van der Waals surface area contributed by atoms with E-state index in [4.69, 9.17) is 10.6 Å². The second-order valence-corrected chi connectivity index (χ2v) is 3.64. The third kappa shape index (κ3) is 5.11. The minimum Gasteiger partial charge on any atom is -0.383 e. The summed E-state index contributed by atoms with van der Waals surface area (Å²) in [6.45, 7) is 1.60. The van der Waals surface area contributed by atoms with Crippen molar-refractivity contribution in [2.45, 2.75) is 6.42 Å². The summed E-state index contributed by atoms with van der Waals surface area (Å²) in [6, 6.07) is 6.69. The van der Waals surface area contributed by atoms with Crippen LogP contribution in [0.3, 0.4) is 0 Å². The average Bonchev–Trinajstić information content (AvgIpc) is 2.39. The predicted molar refractivity (Wildman–Crippen MR) is 69.6 cm³/mol. The van der Waals surface area contributed by atoms with Crippen LogP contribution in [0.5, 0.6) is 0 Å². The topological polar surface area (TPSA) is 71.7 Å². The van der Waals surface area contributed by atoms with E-state index in [-0.39, 0.29) is 5.82 Å². The van der Waals surface area contributed by atoms with Crippen LogP contribution in [0.15, 0.2) is 29.3 Å². The van der Waals surface area contributed by atoms with Crippen LogP contribution in [-0.2, 0) is 11.2 Å². The summed E-state index contributed by atoms with van der Waals surface area (Å²) in [5.74, 6) is 5.59. The normalized spacial score (nSPS) is 11.4. The molecule has 0 aromatic heterocycles. The van der Waals surface area contributed by atoms with Gasteiger partial charge in [0.15, 0.2) is 0 Å². The van der Waals surface area contributed by atoms with Gasteiger partial charge in [-0.1, -0.05) is 18.2 Å². The highest BCUT2D eigenvalue weighted by Gasteiger charge is 2.01. The molecular weight excluding hydrogens is 235 g/mol. The molecule has 0 atom stereocenters. The van der Waals surface area contributed by atoms with E-state index in [1.165, 1.54) is 6.07 Å². The molecule has 0 aliphatic rings. The SMILES string of the molecule is COCCN=C(NN)NCCc1ccccc1F. The van der Waals surface area contributed by atoms with Crippen molar-refractivity contribution >= 4 is 5.96 Å². The van der Waals surface area contributed by atoms with Gasteiger partial charge in [-0.25, -0.2) is 15.2 Å². The highest BCUT2D eigenvalue weighted by atomic mass is 19.1. The van der Waals surface area contributed by atoms with E-state index in [0.717, 1.165) is 0 Å². The van der Waals surface area contributed by atoms with E-state index in [1.807, 2.05) is 6.07 Å². The number of aliphatic imine (C=N–C) groups is 1. The summed E-state index contributed by atoms with van der Waals surface area (Å²) in [5, 5.41) is 3.00. The highest BCUT2D eigenvalue weighted by Crippen LogP contribution is 2.05. The van der Waals surface area contributed by atoms with Gasteiger partial charge < -0.3 is 10.1 Å². The molecule has 0 saturated heterocycles. The van der Waals surface area contributed by atoms with Crippen molar-refractivity contribution in [3.05, 3.63) is 35.6 Å². The molecule has 6 heteroatoms. The molecule has 1 aromatic carbocycles. The van der Waals surface area contributed by atoms with Gasteiger partial charge in [0.2, 0.25) is 5.96 Å². The van der Waals surface area contributed by atoms with Gasteiger partial charge in [0.1, 0.15) is 5.82 Å². The molecule has 0 aliphatic heterocycles. The van der Waals surface area contributed by atoms with Crippen molar-refractivity contribution < 1.29 is 9.13 Å². The Morgan fingerprint density at radius 3 is 2.89 bits per heavy atom. The number of hydrogen-bond donors (Lipinski definition) is 3. The fourth-order valence-corrected chi connectivity index (χ4v) is 1.42. The molecule has 5 nitrogen and oxygen atoms in total. The summed E-state index contributed by atoms with van der Waals surface area (Å²) < 4.78 is 18.2. The van der Waals surface area contributed by atoms with Gasteiger partial charge in [0.25, 0.3) is 0 Å². The van der Waals surface area contributed by atoms with Gasteiger partial charge in [-0.15, -0.1) is 0 Å². The number of ether oxygens (including phenoxy) is 1. The summed E-state index contributed by atoms with van der Waals surface area (Å²) in [5.41, 5.74) is 3.12. The molecule has 0 amide bonds. The number of methoxy groups -OCH3 is 1. The van der Waals surface area contributed by atoms with Gasteiger partial charge in [0, 0.05) is 13.7 Å². The van der Waals surface area contributed by atoms with Crippen molar-refractivity contribution in [1.29, 1.82) is 0 Å². The number of hydrazine groups is 1. The lowest BCUT2D eigenvalue weighted by molar-refractivity contribution is 0.208. The summed E-state index contributed by atoms with van der Waals surface area (Å²) in [6.07, 6.45) is 0.567. The number of nitrogens with two attached hydrogens (primary N) is 1. The second kappa shape index (κ2) is 8.43. The van der Waals surface area contributed by atoms with Gasteiger partial charge in [-0.2, -0.15) is 0 Å². The molecule has 1 rings (SSSR count). The van der Waals surface area contributed by atoms with Crippen LogP contribution in [0.25, 0.3) is 0 Å². The average molecular weight is 254 g/mol. The van der Waals surface area contributed by atoms with Crippen molar-refractivity contribution in [2.24, 2.45) is 10.8 Å². The van der Waals surface area contributed by atoms with Crippen LogP contribution < -0.4 is 16.6 Å². The van der Waals surface area contributed by atoms with Gasteiger partial charge in [0.05, 0.1) is 13.2 Å². The zero-order chi connectivity index (χ0) is 13.2. The number of nitrogens with one attached hydrogen (secondary N) is 2. The Morgan fingerprint density at radius 1 is 1.44 bits per heavy atom. The molecule has 0 saturated carbocycles. The molecule has 1 aromatic rings. The maximum Gasteiger partial charge on any atom is 0.205 e. The number of rotatable bonds is 6. The van der Waals surface area contributed by atoms with Crippen LogP contribution >= 0.6 is 0 Å². The fraction of sp³-hybridized carbons (Fsp3) is 0.417. The zero-order valence-corrected chi connectivity index (χ0v) is 10.4. The molecule has 0 radical (unpaired) electrons. The van der Waals surface area contributed by atoms with Crippen molar-refractivity contribution in [3.8, 4) is 0 Å². The molecule has 0 fully saturated rings. The Morgan fingerprint density at radius 2 is 2.22 bits per heavy atom. The van der Waals surface area contributed by atoms with Gasteiger partial charge in [-0.3, -0.25) is 5.43 Å². The maximum atomic E-state index is 13.3. The predicted octanol–water partition coefficient (Wildman–Crippen LogP) is 0.424. The van der Waals surface area contributed by atoms with E-state index < -0.39 is 0 Å². The van der Waals surface area contributed by atoms with E-state index in [0.29, 0.717) is 37.6 Å². The van der Waals surface area contributed by atoms with Crippen LogP contribution in [0.4, 0.5) is 4.39 Å². The van der Waals surface area contributed by atoms with E-state index >= 15 is 0 Å². The Hall–Kier alpha value is -1.66. The van der Waals surface area contributed by atoms with Crippen molar-refractivity contribution in [1.82, 2.24) is 10.7 Å². The third-order valence-electron chi connectivity index (χ3n) is 2.35. The molecule has 0 unspecified atom stereocenters. The van der Waals surface area contributed by atoms with E-state index in [9.17, 15) is 4.39 Å². The van der Waals surface area contributed by atoms with Crippen LogP contribution in [0.2, 0.25) is 0 Å². The first-order valence-corrected chi connectivity index (χ1v) is 5.75. The summed E-state index contributed by atoms with van der Waals surface area (Å²) in [7, 11) is 1.61. The molecule has 4 N–H and O–H groups in total. The van der Waals surface area contributed by atoms with Crippen molar-refractivity contribution in [2.75, 3.05) is 26.8 Å². The lowest BCUT2D eigenvalue weighted by Crippen LogP contribution is -2.42. The largest absolute Gasteiger partial charge is 0.383 e. The molecular formula is C12H19FN4O. The first kappa shape index (κ1) is 14.4. The summed E-state index contributed by atoms with van der Waals surface area (Å²) >= 11 is 0. The smallest absolute Gasteiger partial charge is 0.205 e. The Bertz CT molecular complexity index is 384. The van der Waals surface area contributed by atoms with Gasteiger partial charge >= 0.3 is 0 Å². The second-order valence-electron chi connectivity index (χ2n) is 3.64. The zero-order valence-electron chi connectivity index (χ0n) is 10.4. The highest BCUT2D eigenvalue weighted by molar-refractivity contribution is 5.79. The molecule has 18 heavy (non-hydrogen) atoms. The first-order chi connectivity index (χ1) is 8.77. The standard InChI is InChI=1S/C12H19FN4O/c1-18-9-8-16-12(17-14)15-7-6-10-4-2-3-5-11(10)13/h2-5H,6-9,14H2,1H3,(H2,15,16,17). The third-order valence-corrected chi connectivity index (χ3v) is 2.35. The number of benzene rings is 1. The molecule has 100 valence electrons. The molecule has 0 spiro atoms. The number of hydrogen-bond acceptors (Lipinski definition) is 3. The lowest BCUT2D eigenvalue weighted by Gasteiger charge is -2.09. The van der Waals surface area contributed by atoms with E-state index in [2.05, 4.69) is 15.7 Å². The quantitative estimate of drug-likeness (QED) is 0.226. The molecule has 0 bridgehead atoms. The lowest BCUT2D eigenvalue weighted by atomic mass is 10.1. The Labute approximate surface area is 106 Å². The van der Waals surface area contributed by atoms with Crippen LogP contribution in [0.1, 0.15) is 5.56 Å². The van der Waals surface area contributed by atoms with Gasteiger partial charge in [-0.05, 0) is 18.1 Å². The van der Waals surface area contributed by atoms with E-state index in [1.54, 1.807) is 19.2 Å². The first-order valence-electron chi connectivity index (χ1n) is 5.75. The Kier molecular flexibility index (Phi) is 6.75. The molecule has 0 heterocycles. The number of guanidine groups is 1. The number of nitrogens with zero attached hydrogens (tertiary/aromatic N) is 1. The Balaban J connectivity index is 2.35. The minimum atomic E-state index is -0.196. The van der Waals surface area contributed by atoms with Crippen LogP contribution in [0, 0.1) is 5.82 Å². The minimum absolute atomic E-state index is 0.196. The fourth-order valence-electron chi connectivity index (χ4n) is 1.42. The maximum absolute atomic E-state index is 13.3. The van der Waals surface area contributed by atoms with Crippen molar-refractivity contribution in [3.63, 3.8) is 0 Å². The molecule has 0 aliphatic carbocycles. The monoisotopic (exact) mass is 254 g/mol. The number of halogens is 1.